The first-order valence-electron chi connectivity index (χ1n) is 8.38. The molecule has 1 aromatic carbocycles. The number of hydrogen-bond donors (Lipinski definition) is 1. The van der Waals surface area contributed by atoms with Crippen molar-refractivity contribution in [2.24, 2.45) is 5.73 Å². The van der Waals surface area contributed by atoms with Crippen molar-refractivity contribution in [1.29, 1.82) is 0 Å². The molecule has 5 nitrogen and oxygen atoms in total. The Balaban J connectivity index is 1.75. The number of hydrogen-bond acceptors (Lipinski definition) is 4. The van der Waals surface area contributed by atoms with Crippen LogP contribution in [0.25, 0.3) is 5.70 Å². The highest BCUT2D eigenvalue weighted by Crippen LogP contribution is 2.19. The maximum Gasteiger partial charge on any atom is 0.410 e. The van der Waals surface area contributed by atoms with Crippen LogP contribution in [0.3, 0.4) is 0 Å². The maximum absolute atomic E-state index is 12.0. The van der Waals surface area contributed by atoms with Gasteiger partial charge in [-0.3, -0.25) is 0 Å². The van der Waals surface area contributed by atoms with E-state index in [9.17, 15) is 4.79 Å². The summed E-state index contributed by atoms with van der Waals surface area (Å²) in [6.07, 6.45) is 1.60. The quantitative estimate of drug-likeness (QED) is 0.916. The molecule has 0 aliphatic carbocycles. The number of amides is 1. The number of benzene rings is 1. The molecule has 2 rings (SSSR count). The second-order valence-electron chi connectivity index (χ2n) is 7.20. The van der Waals surface area contributed by atoms with Gasteiger partial charge in [0.1, 0.15) is 5.60 Å². The Morgan fingerprint density at radius 2 is 1.83 bits per heavy atom. The molecule has 1 aliphatic rings. The SMILES string of the molecule is C=C(N)c1ccc(COC2CCN(C(=O)OC(C)(C)C)CC2)cc1. The van der Waals surface area contributed by atoms with E-state index in [0.717, 1.165) is 24.0 Å². The molecule has 0 bridgehead atoms. The molecule has 0 aromatic heterocycles. The fourth-order valence-corrected chi connectivity index (χ4v) is 2.56. The van der Waals surface area contributed by atoms with Crippen molar-refractivity contribution in [3.8, 4) is 0 Å². The van der Waals surface area contributed by atoms with Gasteiger partial charge in [0, 0.05) is 18.8 Å². The summed E-state index contributed by atoms with van der Waals surface area (Å²) >= 11 is 0. The minimum atomic E-state index is -0.453. The van der Waals surface area contributed by atoms with Gasteiger partial charge in [0.15, 0.2) is 0 Å². The summed E-state index contributed by atoms with van der Waals surface area (Å²) in [5.74, 6) is 0. The fourth-order valence-electron chi connectivity index (χ4n) is 2.56. The van der Waals surface area contributed by atoms with E-state index in [1.54, 1.807) is 4.90 Å². The third-order valence-corrected chi connectivity index (χ3v) is 3.90. The van der Waals surface area contributed by atoms with E-state index >= 15 is 0 Å². The lowest BCUT2D eigenvalue weighted by atomic mass is 10.1. The van der Waals surface area contributed by atoms with Gasteiger partial charge in [0.25, 0.3) is 0 Å². The van der Waals surface area contributed by atoms with Crippen LogP contribution in [0.5, 0.6) is 0 Å². The summed E-state index contributed by atoms with van der Waals surface area (Å²) in [6.45, 7) is 11.3. The molecular weight excluding hydrogens is 304 g/mol. The van der Waals surface area contributed by atoms with Crippen molar-refractivity contribution >= 4 is 11.8 Å². The average molecular weight is 332 g/mol. The predicted molar refractivity (Wildman–Crippen MR) is 95.3 cm³/mol. The van der Waals surface area contributed by atoms with Crippen LogP contribution in [0.2, 0.25) is 0 Å². The summed E-state index contributed by atoms with van der Waals surface area (Å²) in [7, 11) is 0. The Kier molecular flexibility index (Phi) is 5.89. The number of rotatable bonds is 4. The number of ether oxygens (including phenoxy) is 2. The van der Waals surface area contributed by atoms with Crippen molar-refractivity contribution in [2.75, 3.05) is 13.1 Å². The van der Waals surface area contributed by atoms with Gasteiger partial charge in [-0.15, -0.1) is 0 Å². The number of likely N-dealkylation sites (tertiary alicyclic amines) is 1. The summed E-state index contributed by atoms with van der Waals surface area (Å²) in [6, 6.07) is 7.91. The Bertz CT molecular complexity index is 567. The maximum atomic E-state index is 12.0. The Morgan fingerprint density at radius 3 is 2.33 bits per heavy atom. The lowest BCUT2D eigenvalue weighted by molar-refractivity contribution is -0.0170. The summed E-state index contributed by atoms with van der Waals surface area (Å²) in [4.78, 5) is 13.8. The van der Waals surface area contributed by atoms with Gasteiger partial charge in [0.2, 0.25) is 0 Å². The standard InChI is InChI=1S/C19H28N2O3/c1-14(20)16-7-5-15(6-8-16)13-23-17-9-11-21(12-10-17)18(22)24-19(2,3)4/h5-8,17H,1,9-13,20H2,2-4H3. The summed E-state index contributed by atoms with van der Waals surface area (Å²) in [5.41, 5.74) is 7.82. The minimum Gasteiger partial charge on any atom is -0.444 e. The zero-order chi connectivity index (χ0) is 17.7. The second-order valence-corrected chi connectivity index (χ2v) is 7.20. The smallest absolute Gasteiger partial charge is 0.410 e. The first kappa shape index (κ1) is 18.3. The molecule has 2 N–H and O–H groups in total. The predicted octanol–water partition coefficient (Wildman–Crippen LogP) is 3.53. The third kappa shape index (κ3) is 5.57. The molecule has 0 unspecified atom stereocenters. The van der Waals surface area contributed by atoms with Crippen LogP contribution >= 0.6 is 0 Å². The van der Waals surface area contributed by atoms with Crippen LogP contribution in [0.15, 0.2) is 30.8 Å². The van der Waals surface area contributed by atoms with Crippen LogP contribution in [-0.4, -0.2) is 35.8 Å². The largest absolute Gasteiger partial charge is 0.444 e. The molecule has 0 spiro atoms. The van der Waals surface area contributed by atoms with Crippen LogP contribution in [0.4, 0.5) is 4.79 Å². The highest BCUT2D eigenvalue weighted by Gasteiger charge is 2.27. The van der Waals surface area contributed by atoms with Gasteiger partial charge >= 0.3 is 6.09 Å². The molecule has 1 aromatic rings. The highest BCUT2D eigenvalue weighted by atomic mass is 16.6. The molecule has 0 radical (unpaired) electrons. The van der Waals surface area contributed by atoms with Crippen LogP contribution in [-0.2, 0) is 16.1 Å². The van der Waals surface area contributed by atoms with Crippen LogP contribution < -0.4 is 5.73 Å². The zero-order valence-corrected chi connectivity index (χ0v) is 14.9. The Hall–Kier alpha value is -2.01. The molecule has 1 amide bonds. The molecule has 1 saturated heterocycles. The molecule has 1 heterocycles. The number of carbonyl (C=O) groups excluding carboxylic acids is 1. The van der Waals surface area contributed by atoms with E-state index in [0.29, 0.717) is 25.4 Å². The van der Waals surface area contributed by atoms with E-state index in [4.69, 9.17) is 15.2 Å². The zero-order valence-electron chi connectivity index (χ0n) is 14.9. The van der Waals surface area contributed by atoms with E-state index in [1.807, 2.05) is 45.0 Å². The normalized spacial score (nSPS) is 16.0. The lowest BCUT2D eigenvalue weighted by Crippen LogP contribution is -2.43. The van der Waals surface area contributed by atoms with Crippen molar-refractivity contribution in [1.82, 2.24) is 4.90 Å². The van der Waals surface area contributed by atoms with E-state index < -0.39 is 5.60 Å². The van der Waals surface area contributed by atoms with Crippen molar-refractivity contribution in [3.63, 3.8) is 0 Å². The van der Waals surface area contributed by atoms with Gasteiger partial charge in [-0.2, -0.15) is 0 Å². The fraction of sp³-hybridized carbons (Fsp3) is 0.526. The molecule has 1 aliphatic heterocycles. The topological polar surface area (TPSA) is 64.8 Å². The van der Waals surface area contributed by atoms with Gasteiger partial charge in [-0.05, 0) is 44.7 Å². The number of piperidine rings is 1. The van der Waals surface area contributed by atoms with Crippen molar-refractivity contribution in [3.05, 3.63) is 42.0 Å². The molecule has 132 valence electrons. The number of carbonyl (C=O) groups is 1. The van der Waals surface area contributed by atoms with Crippen LogP contribution in [0, 0.1) is 0 Å². The number of nitrogens with zero attached hydrogens (tertiary/aromatic N) is 1. The van der Waals surface area contributed by atoms with E-state index in [2.05, 4.69) is 6.58 Å². The number of nitrogens with two attached hydrogens (primary N) is 1. The summed E-state index contributed by atoms with van der Waals surface area (Å²) in [5, 5.41) is 0. The van der Waals surface area contributed by atoms with Gasteiger partial charge in [-0.1, -0.05) is 30.8 Å². The Labute approximate surface area is 144 Å². The minimum absolute atomic E-state index is 0.174. The first-order chi connectivity index (χ1) is 11.2. The Morgan fingerprint density at radius 1 is 1.25 bits per heavy atom. The van der Waals surface area contributed by atoms with Crippen molar-refractivity contribution in [2.45, 2.75) is 51.9 Å². The second kappa shape index (κ2) is 7.71. The van der Waals surface area contributed by atoms with Crippen LogP contribution in [0.1, 0.15) is 44.7 Å². The third-order valence-electron chi connectivity index (χ3n) is 3.90. The van der Waals surface area contributed by atoms with Gasteiger partial charge in [0.05, 0.1) is 12.7 Å². The van der Waals surface area contributed by atoms with Gasteiger partial charge in [-0.25, -0.2) is 4.79 Å². The van der Waals surface area contributed by atoms with Crippen molar-refractivity contribution < 1.29 is 14.3 Å². The highest BCUT2D eigenvalue weighted by molar-refractivity contribution is 5.68. The lowest BCUT2D eigenvalue weighted by Gasteiger charge is -2.33. The monoisotopic (exact) mass is 332 g/mol. The molecular formula is C19H28N2O3. The molecule has 1 fully saturated rings. The summed E-state index contributed by atoms with van der Waals surface area (Å²) < 4.78 is 11.4. The molecule has 24 heavy (non-hydrogen) atoms. The molecule has 0 atom stereocenters. The average Bonchev–Trinajstić information content (AvgIpc) is 2.52. The van der Waals surface area contributed by atoms with Gasteiger partial charge < -0.3 is 20.1 Å². The van der Waals surface area contributed by atoms with E-state index in [1.165, 1.54) is 0 Å². The molecule has 5 heteroatoms. The molecule has 0 saturated carbocycles. The first-order valence-corrected chi connectivity index (χ1v) is 8.38. The van der Waals surface area contributed by atoms with E-state index in [-0.39, 0.29) is 12.2 Å².